The number of aryl methyl sites for hydroxylation is 1. The van der Waals surface area contributed by atoms with Crippen LogP contribution in [0.25, 0.3) is 10.9 Å². The van der Waals surface area contributed by atoms with Crippen LogP contribution in [0.5, 0.6) is 5.75 Å². The number of halogens is 1. The van der Waals surface area contributed by atoms with E-state index in [9.17, 15) is 19.7 Å². The van der Waals surface area contributed by atoms with E-state index in [2.05, 4.69) is 29.8 Å². The summed E-state index contributed by atoms with van der Waals surface area (Å²) in [5.41, 5.74) is 2.40. The van der Waals surface area contributed by atoms with Crippen LogP contribution in [0, 0.1) is 23.0 Å². The number of carbonyl (C=O) groups is 2. The molecule has 0 aliphatic carbocycles. The number of non-ortho nitro benzene ring substituents is 1. The molecule has 0 fully saturated rings. The zero-order chi connectivity index (χ0) is 23.8. The van der Waals surface area contributed by atoms with E-state index in [0.717, 1.165) is 21.6 Å². The van der Waals surface area contributed by atoms with Crippen molar-refractivity contribution in [1.82, 2.24) is 4.98 Å². The average molecular weight is 725 g/mol. The third-order valence-electron chi connectivity index (χ3n) is 4.55. The number of amides is 1. The van der Waals surface area contributed by atoms with Crippen molar-refractivity contribution in [3.63, 3.8) is 0 Å². The number of fused-ring (bicyclic) bond motifs is 1. The molecular weight excluding hydrogens is 705 g/mol. The number of hydrogen-bond donors (Lipinski definition) is 0. The van der Waals surface area contributed by atoms with Crippen molar-refractivity contribution in [3.8, 4) is 5.75 Å². The number of benzene rings is 2. The molecule has 1 amide bonds. The maximum absolute atomic E-state index is 12.4. The summed E-state index contributed by atoms with van der Waals surface area (Å²) < 4.78 is 5.25. The van der Waals surface area contributed by atoms with E-state index in [0.29, 0.717) is 17.8 Å². The first-order valence-corrected chi connectivity index (χ1v) is 16.4. The fraction of sp³-hybridized carbons (Fsp3) is 0.190. The number of esters is 1. The quantitative estimate of drug-likeness (QED) is 0.0676. The number of hydrogen-bond acceptors (Lipinski definition) is 6. The van der Waals surface area contributed by atoms with Crippen LogP contribution in [-0.4, -0.2) is 23.0 Å². The number of carbonyl (C=O) groups excluding carboxylic acids is 2. The van der Waals surface area contributed by atoms with Crippen LogP contribution in [0.2, 0.25) is 0 Å². The second-order valence-electron chi connectivity index (χ2n) is 6.73. The Kier molecular flexibility index (Phi) is 9.47. The van der Waals surface area contributed by atoms with Crippen LogP contribution in [-0.2, 0) is 24.6 Å². The standard InChI is InChI=1S/C21H19N4O5.HI.Os/c1-13-10-16-4-5-18(11-20(16)22-13)24(12-26)23-15(3)14(2)21(27)30-19-8-6-17(7-9-19)25(28)29;;/h4-12,14H,1-3H3;1H;/q-1;;+1/p-1/b23-15-;;. The van der Waals surface area contributed by atoms with Gasteiger partial charge in [0.2, 0.25) is 6.41 Å². The number of aromatic nitrogens is 1. The van der Waals surface area contributed by atoms with Gasteiger partial charge in [-0.15, -0.1) is 5.52 Å². The van der Waals surface area contributed by atoms with Crippen molar-refractivity contribution in [2.75, 3.05) is 5.01 Å². The molecular formula is C21H19IN4O5Os-. The van der Waals surface area contributed by atoms with Gasteiger partial charge in [0.1, 0.15) is 5.75 Å². The molecule has 169 valence electrons. The molecule has 1 atom stereocenters. The Balaban J connectivity index is 0.00000176. The van der Waals surface area contributed by atoms with Gasteiger partial charge in [0.15, 0.2) is 0 Å². The summed E-state index contributed by atoms with van der Waals surface area (Å²) in [6.07, 6.45) is 0.550. The SMILES string of the molecule is C/C(=N/N(C=O)c1ccc2cc(C)[n-]c2c1)C(C)C(=O)Oc1ccc([N+](=O)[O-])cc1.[I][Os]. The number of nitro benzene ring substituents is 1. The zero-order valence-corrected chi connectivity index (χ0v) is 22.0. The molecule has 11 heteroatoms. The Morgan fingerprint density at radius 2 is 1.91 bits per heavy atom. The molecule has 0 aliphatic rings. The van der Waals surface area contributed by atoms with Gasteiger partial charge in [-0.2, -0.15) is 10.8 Å². The molecule has 0 radical (unpaired) electrons. The zero-order valence-electron chi connectivity index (χ0n) is 17.3. The van der Waals surface area contributed by atoms with E-state index >= 15 is 0 Å². The summed E-state index contributed by atoms with van der Waals surface area (Å²) in [6.45, 7) is 5.10. The summed E-state index contributed by atoms with van der Waals surface area (Å²) in [5, 5.41) is 17.0. The van der Waals surface area contributed by atoms with Crippen molar-refractivity contribution in [1.29, 1.82) is 0 Å². The molecule has 1 unspecified atom stereocenters. The van der Waals surface area contributed by atoms with E-state index < -0.39 is 16.8 Å². The number of nitro groups is 1. The third-order valence-corrected chi connectivity index (χ3v) is 4.55. The molecule has 3 aromatic rings. The Morgan fingerprint density at radius 3 is 2.50 bits per heavy atom. The van der Waals surface area contributed by atoms with Crippen LogP contribution in [0.3, 0.4) is 0 Å². The summed E-state index contributed by atoms with van der Waals surface area (Å²) >= 11 is 4.01. The second-order valence-corrected chi connectivity index (χ2v) is 6.73. The van der Waals surface area contributed by atoms with Crippen molar-refractivity contribution < 1.29 is 34.3 Å². The van der Waals surface area contributed by atoms with Gasteiger partial charge < -0.3 is 9.72 Å². The Hall–Kier alpha value is -2.64. The van der Waals surface area contributed by atoms with Crippen molar-refractivity contribution in [2.45, 2.75) is 20.8 Å². The number of anilines is 1. The predicted octanol–water partition coefficient (Wildman–Crippen LogP) is 4.48. The third kappa shape index (κ3) is 6.43. The molecule has 0 saturated heterocycles. The topological polar surface area (TPSA) is 116 Å². The summed E-state index contributed by atoms with van der Waals surface area (Å²) in [6, 6.07) is 12.5. The normalized spacial score (nSPS) is 11.8. The molecule has 3 rings (SSSR count). The molecule has 9 nitrogen and oxygen atoms in total. The van der Waals surface area contributed by atoms with Crippen molar-refractivity contribution >= 4 is 60.0 Å². The van der Waals surface area contributed by atoms with E-state index in [1.807, 2.05) is 34.1 Å². The van der Waals surface area contributed by atoms with E-state index in [-0.39, 0.29) is 11.4 Å². The number of hydrazone groups is 1. The molecule has 2 aromatic carbocycles. The van der Waals surface area contributed by atoms with Crippen LogP contribution in [0.1, 0.15) is 19.5 Å². The first-order valence-electron chi connectivity index (χ1n) is 9.21. The average Bonchev–Trinajstić information content (AvgIpc) is 3.17. The molecule has 32 heavy (non-hydrogen) atoms. The molecule has 0 spiro atoms. The fourth-order valence-electron chi connectivity index (χ4n) is 2.75. The monoisotopic (exact) mass is 726 g/mol. The molecule has 0 N–H and O–H groups in total. The van der Waals surface area contributed by atoms with Crippen LogP contribution in [0.4, 0.5) is 11.4 Å². The molecule has 1 heterocycles. The van der Waals surface area contributed by atoms with Crippen LogP contribution in [0.15, 0.2) is 53.6 Å². The second kappa shape index (κ2) is 11.8. The first kappa shape index (κ1) is 25.6. The van der Waals surface area contributed by atoms with Crippen LogP contribution < -0.4 is 14.7 Å². The van der Waals surface area contributed by atoms with Gasteiger partial charge in [-0.25, -0.2) is 5.01 Å². The minimum absolute atomic E-state index is 0.103. The molecule has 1 aromatic heterocycles. The number of ether oxygens (including phenoxy) is 1. The van der Waals surface area contributed by atoms with Gasteiger partial charge in [0.05, 0.1) is 16.5 Å². The van der Waals surface area contributed by atoms with Gasteiger partial charge in [-0.1, -0.05) is 25.1 Å². The number of nitrogens with zero attached hydrogens (tertiary/aromatic N) is 4. The first-order chi connectivity index (χ1) is 15.3. The van der Waals surface area contributed by atoms with Gasteiger partial charge in [0.25, 0.3) is 5.69 Å². The predicted molar refractivity (Wildman–Crippen MR) is 126 cm³/mol. The van der Waals surface area contributed by atoms with E-state index in [1.165, 1.54) is 24.3 Å². The number of rotatable bonds is 7. The Morgan fingerprint density at radius 1 is 1.25 bits per heavy atom. The van der Waals surface area contributed by atoms with Crippen molar-refractivity contribution in [3.05, 3.63) is 64.3 Å². The Bertz CT molecular complexity index is 1150. The summed E-state index contributed by atoms with van der Waals surface area (Å²) in [4.78, 5) is 38.5. The fourth-order valence-corrected chi connectivity index (χ4v) is 2.75. The van der Waals surface area contributed by atoms with Gasteiger partial charge in [0, 0.05) is 17.8 Å². The molecule has 0 saturated carbocycles. The van der Waals surface area contributed by atoms with E-state index in [1.54, 1.807) is 26.0 Å². The van der Waals surface area contributed by atoms with E-state index in [4.69, 9.17) is 4.74 Å². The Labute approximate surface area is 205 Å². The molecule has 0 bridgehead atoms. The van der Waals surface area contributed by atoms with Crippen LogP contribution >= 0.6 is 19.7 Å². The summed E-state index contributed by atoms with van der Waals surface area (Å²) in [5.74, 6) is -1.16. The maximum atomic E-state index is 12.4. The summed E-state index contributed by atoms with van der Waals surface area (Å²) in [7, 11) is 0. The van der Waals surface area contributed by atoms with Gasteiger partial charge in [-0.3, -0.25) is 19.7 Å². The minimum atomic E-state index is -0.745. The van der Waals surface area contributed by atoms with Crippen molar-refractivity contribution in [2.24, 2.45) is 11.0 Å². The molecule has 0 aliphatic heterocycles. The van der Waals surface area contributed by atoms with Gasteiger partial charge in [-0.05, 0) is 37.4 Å². The van der Waals surface area contributed by atoms with Gasteiger partial charge >= 0.3 is 40.7 Å².